The Morgan fingerprint density at radius 2 is 1.94 bits per heavy atom. The average Bonchev–Trinajstić information content (AvgIpc) is 2.41. The van der Waals surface area contributed by atoms with Gasteiger partial charge < -0.3 is 10.1 Å². The molecule has 0 saturated carbocycles. The van der Waals surface area contributed by atoms with Crippen LogP contribution in [0.3, 0.4) is 0 Å². The van der Waals surface area contributed by atoms with E-state index >= 15 is 0 Å². The van der Waals surface area contributed by atoms with Crippen LogP contribution in [0, 0.1) is 0 Å². The van der Waals surface area contributed by atoms with E-state index in [2.05, 4.69) is 4.98 Å². The van der Waals surface area contributed by atoms with E-state index in [9.17, 15) is 14.7 Å². The lowest BCUT2D eigenvalue weighted by molar-refractivity contribution is 0.468. The summed E-state index contributed by atoms with van der Waals surface area (Å²) in [6.45, 7) is 1.82. The molecule has 0 atom stereocenters. The van der Waals surface area contributed by atoms with Gasteiger partial charge in [0.05, 0.1) is 20.9 Å². The van der Waals surface area contributed by atoms with E-state index in [4.69, 9.17) is 23.2 Å². The quantitative estimate of drug-likeness (QED) is 0.846. The Bertz CT molecular complexity index is 753. The van der Waals surface area contributed by atoms with Gasteiger partial charge in [-0.3, -0.25) is 9.59 Å². The molecule has 4 nitrogen and oxygen atoms in total. The van der Waals surface area contributed by atoms with Crippen LogP contribution in [0.5, 0.6) is 5.75 Å². The molecule has 0 bridgehead atoms. The molecule has 0 aliphatic carbocycles. The molecule has 0 saturated heterocycles. The Morgan fingerprint density at radius 1 is 1.28 bits per heavy atom. The summed E-state index contributed by atoms with van der Waals surface area (Å²) in [5.41, 5.74) is -0.411. The molecule has 0 amide bonds. The molecule has 0 spiro atoms. The first-order chi connectivity index (χ1) is 8.45. The minimum atomic E-state index is -0.748. The summed E-state index contributed by atoms with van der Waals surface area (Å²) >= 11 is 12.0. The molecule has 0 aliphatic heterocycles. The summed E-state index contributed by atoms with van der Waals surface area (Å²) in [5.74, 6) is -0.634. The summed E-state index contributed by atoms with van der Waals surface area (Å²) in [5, 5.41) is 10.2. The summed E-state index contributed by atoms with van der Waals surface area (Å²) < 4.78 is 0. The second-order valence-corrected chi connectivity index (χ2v) is 4.56. The number of aromatic amines is 1. The molecule has 2 rings (SSSR count). The van der Waals surface area contributed by atoms with Crippen LogP contribution in [-0.2, 0) is 6.42 Å². The number of nitrogens with one attached hydrogen (secondary N) is 1. The number of fused-ring (bicyclic) bond motifs is 1. The zero-order valence-corrected chi connectivity index (χ0v) is 10.9. The first-order valence-electron chi connectivity index (χ1n) is 5.23. The van der Waals surface area contributed by atoms with E-state index in [0.717, 1.165) is 6.07 Å². The van der Waals surface area contributed by atoms with E-state index in [0.29, 0.717) is 12.0 Å². The van der Waals surface area contributed by atoms with E-state index in [-0.39, 0.29) is 20.9 Å². The lowest BCUT2D eigenvalue weighted by Gasteiger charge is -2.05. The van der Waals surface area contributed by atoms with Crippen molar-refractivity contribution in [1.82, 2.24) is 4.98 Å². The van der Waals surface area contributed by atoms with Gasteiger partial charge in [0.25, 0.3) is 5.56 Å². The number of rotatable bonds is 1. The number of aryl methyl sites for hydroxylation is 1. The maximum absolute atomic E-state index is 12.0. The molecule has 1 aromatic carbocycles. The third kappa shape index (κ3) is 1.98. The lowest BCUT2D eigenvalue weighted by Crippen LogP contribution is -2.01. The van der Waals surface area contributed by atoms with Gasteiger partial charge in [-0.1, -0.05) is 30.1 Å². The molecule has 2 aromatic rings. The fraction of sp³-hybridized carbons (Fsp3) is 0.167. The van der Waals surface area contributed by atoms with E-state index in [1.165, 1.54) is 6.07 Å². The zero-order valence-electron chi connectivity index (χ0n) is 9.38. The van der Waals surface area contributed by atoms with Gasteiger partial charge in [-0.2, -0.15) is 0 Å². The van der Waals surface area contributed by atoms with E-state index in [1.807, 2.05) is 6.92 Å². The zero-order chi connectivity index (χ0) is 13.4. The van der Waals surface area contributed by atoms with E-state index in [1.54, 1.807) is 0 Å². The van der Waals surface area contributed by atoms with Crippen molar-refractivity contribution in [3.63, 3.8) is 0 Å². The number of hydrogen-bond acceptors (Lipinski definition) is 3. The van der Waals surface area contributed by atoms with Crippen LogP contribution >= 0.6 is 23.2 Å². The van der Waals surface area contributed by atoms with Crippen LogP contribution in [0.4, 0.5) is 0 Å². The molecule has 0 unspecified atom stereocenters. The molecular weight excluding hydrogens is 277 g/mol. The Hall–Kier alpha value is -1.52. The Kier molecular flexibility index (Phi) is 3.32. The summed E-state index contributed by atoms with van der Waals surface area (Å²) in [6.07, 6.45) is 0.484. The third-order valence-electron chi connectivity index (χ3n) is 2.67. The van der Waals surface area contributed by atoms with Crippen LogP contribution in [0.15, 0.2) is 21.7 Å². The standard InChI is InChI=1S/C12H9Cl2NO3/c1-2-5-10-7(3-6(13)11(5)14)15-12(18)9(17)4-8(10)16/h3-4,17H,2H2,1H3,(H,15,18). The van der Waals surface area contributed by atoms with E-state index < -0.39 is 16.7 Å². The molecule has 18 heavy (non-hydrogen) atoms. The fourth-order valence-corrected chi connectivity index (χ4v) is 2.34. The molecule has 0 aliphatic rings. The van der Waals surface area contributed by atoms with Crippen LogP contribution in [-0.4, -0.2) is 10.1 Å². The molecule has 0 fully saturated rings. The Balaban J connectivity index is 3.17. The summed E-state index contributed by atoms with van der Waals surface area (Å²) in [4.78, 5) is 25.9. The van der Waals surface area contributed by atoms with Gasteiger partial charge in [-0.25, -0.2) is 0 Å². The van der Waals surface area contributed by atoms with Crippen molar-refractivity contribution in [2.75, 3.05) is 0 Å². The third-order valence-corrected chi connectivity index (χ3v) is 3.49. The summed E-state index contributed by atoms with van der Waals surface area (Å²) in [6, 6.07) is 2.28. The lowest BCUT2D eigenvalue weighted by atomic mass is 10.1. The number of aromatic hydroxyl groups is 1. The van der Waals surface area contributed by atoms with Crippen molar-refractivity contribution in [2.24, 2.45) is 0 Å². The molecule has 0 radical (unpaired) electrons. The molecule has 6 heteroatoms. The van der Waals surface area contributed by atoms with Gasteiger partial charge in [0.1, 0.15) is 0 Å². The minimum Gasteiger partial charge on any atom is -0.503 e. The van der Waals surface area contributed by atoms with Crippen molar-refractivity contribution in [2.45, 2.75) is 13.3 Å². The first kappa shape index (κ1) is 12.9. The fourth-order valence-electron chi connectivity index (χ4n) is 1.84. The Morgan fingerprint density at radius 3 is 2.56 bits per heavy atom. The van der Waals surface area contributed by atoms with Gasteiger partial charge in [0, 0.05) is 6.07 Å². The van der Waals surface area contributed by atoms with Crippen molar-refractivity contribution in [1.29, 1.82) is 0 Å². The second kappa shape index (κ2) is 4.63. The molecule has 1 heterocycles. The highest BCUT2D eigenvalue weighted by molar-refractivity contribution is 6.43. The maximum Gasteiger partial charge on any atom is 0.290 e. The number of H-pyrrole nitrogens is 1. The number of hydrogen-bond donors (Lipinski definition) is 2. The predicted octanol–water partition coefficient (Wildman–Crippen LogP) is 2.46. The van der Waals surface area contributed by atoms with Crippen molar-refractivity contribution >= 4 is 34.1 Å². The highest BCUT2D eigenvalue weighted by Gasteiger charge is 2.13. The second-order valence-electron chi connectivity index (χ2n) is 3.77. The van der Waals surface area contributed by atoms with Crippen molar-refractivity contribution in [3.05, 3.63) is 48.3 Å². The maximum atomic E-state index is 12.0. The van der Waals surface area contributed by atoms with Crippen LogP contribution in [0.1, 0.15) is 12.5 Å². The summed E-state index contributed by atoms with van der Waals surface area (Å²) in [7, 11) is 0. The highest BCUT2D eigenvalue weighted by Crippen LogP contribution is 2.30. The average molecular weight is 286 g/mol. The monoisotopic (exact) mass is 285 g/mol. The molecule has 1 aromatic heterocycles. The molecule has 2 N–H and O–H groups in total. The van der Waals surface area contributed by atoms with Crippen LogP contribution in [0.25, 0.3) is 10.9 Å². The highest BCUT2D eigenvalue weighted by atomic mass is 35.5. The number of benzene rings is 1. The number of aromatic nitrogens is 1. The number of halogens is 2. The predicted molar refractivity (Wildman–Crippen MR) is 71.9 cm³/mol. The van der Waals surface area contributed by atoms with Gasteiger partial charge in [0.2, 0.25) is 0 Å². The Labute approximate surface area is 112 Å². The largest absolute Gasteiger partial charge is 0.503 e. The van der Waals surface area contributed by atoms with Gasteiger partial charge >= 0.3 is 0 Å². The normalized spacial score (nSPS) is 10.8. The minimum absolute atomic E-state index is 0.252. The van der Waals surface area contributed by atoms with Crippen LogP contribution in [0.2, 0.25) is 10.0 Å². The molecular formula is C12H9Cl2NO3. The molecule has 94 valence electrons. The SMILES string of the molecule is CCc1c(Cl)c(Cl)cc2[nH]c(=O)c(O)cc(=O)c12. The van der Waals surface area contributed by atoms with Gasteiger partial charge in [-0.15, -0.1) is 0 Å². The first-order valence-corrected chi connectivity index (χ1v) is 5.98. The smallest absolute Gasteiger partial charge is 0.290 e. The van der Waals surface area contributed by atoms with Gasteiger partial charge in [0.15, 0.2) is 11.2 Å². The topological polar surface area (TPSA) is 70.2 Å². The van der Waals surface area contributed by atoms with Crippen molar-refractivity contribution in [3.8, 4) is 5.75 Å². The van der Waals surface area contributed by atoms with Gasteiger partial charge in [-0.05, 0) is 18.1 Å². The van der Waals surface area contributed by atoms with Crippen LogP contribution < -0.4 is 11.0 Å². The van der Waals surface area contributed by atoms with Crippen molar-refractivity contribution < 1.29 is 5.11 Å².